The number of Topliss-reactive ketones (excluding diaryl/α,β-unsaturated/α-hetero) is 1. The lowest BCUT2D eigenvalue weighted by Gasteiger charge is -2.38. The lowest BCUT2D eigenvalue weighted by atomic mass is 9.65. The third-order valence-corrected chi connectivity index (χ3v) is 4.42. The van der Waals surface area contributed by atoms with Crippen LogP contribution in [-0.4, -0.2) is 5.78 Å². The molecule has 0 aromatic carbocycles. The highest BCUT2D eigenvalue weighted by molar-refractivity contribution is 5.86. The van der Waals surface area contributed by atoms with E-state index in [1.807, 2.05) is 0 Å². The summed E-state index contributed by atoms with van der Waals surface area (Å²) in [5.41, 5.74) is 1.38. The average Bonchev–Trinajstić information content (AvgIpc) is 2.43. The van der Waals surface area contributed by atoms with Crippen LogP contribution in [0.4, 0.5) is 0 Å². The van der Waals surface area contributed by atoms with Gasteiger partial charge in [0.25, 0.3) is 0 Å². The van der Waals surface area contributed by atoms with E-state index in [-0.39, 0.29) is 0 Å². The van der Waals surface area contributed by atoms with E-state index in [4.69, 9.17) is 0 Å². The first kappa shape index (κ1) is 7.78. The predicted molar refractivity (Wildman–Crippen MR) is 51.2 cm³/mol. The van der Waals surface area contributed by atoms with Crippen LogP contribution in [0.3, 0.4) is 0 Å². The monoisotopic (exact) mass is 176 g/mol. The molecule has 3 fully saturated rings. The lowest BCUT2D eigenvalue weighted by molar-refractivity contribution is -0.135. The molecule has 3 rings (SSSR count). The molecule has 70 valence electrons. The van der Waals surface area contributed by atoms with Crippen molar-refractivity contribution in [2.45, 2.75) is 32.1 Å². The zero-order valence-corrected chi connectivity index (χ0v) is 7.96. The first-order valence-corrected chi connectivity index (χ1v) is 5.49. The average molecular weight is 176 g/mol. The van der Waals surface area contributed by atoms with Crippen LogP contribution in [0.15, 0.2) is 12.2 Å². The summed E-state index contributed by atoms with van der Waals surface area (Å²) in [6, 6.07) is 0. The number of rotatable bonds is 0. The Hall–Kier alpha value is -0.590. The van der Waals surface area contributed by atoms with Crippen LogP contribution >= 0.6 is 0 Å². The van der Waals surface area contributed by atoms with Crippen LogP contribution < -0.4 is 0 Å². The van der Waals surface area contributed by atoms with Gasteiger partial charge in [-0.3, -0.25) is 4.79 Å². The minimum absolute atomic E-state index is 0.380. The van der Waals surface area contributed by atoms with E-state index >= 15 is 0 Å². The molecule has 0 N–H and O–H groups in total. The maximum absolute atomic E-state index is 12.0. The number of hydrogen-bond donors (Lipinski definition) is 0. The van der Waals surface area contributed by atoms with E-state index in [1.54, 1.807) is 0 Å². The summed E-state index contributed by atoms with van der Waals surface area (Å²) in [6.07, 6.45) is 6.02. The van der Waals surface area contributed by atoms with Crippen LogP contribution in [-0.2, 0) is 4.79 Å². The van der Waals surface area contributed by atoms with Gasteiger partial charge in [-0.05, 0) is 37.5 Å². The summed E-state index contributed by atoms with van der Waals surface area (Å²) in [5.74, 6) is 2.65. The Balaban J connectivity index is 2.02. The van der Waals surface area contributed by atoms with Gasteiger partial charge >= 0.3 is 0 Å². The van der Waals surface area contributed by atoms with E-state index in [0.717, 1.165) is 12.8 Å². The Morgan fingerprint density at radius 3 is 2.77 bits per heavy atom. The molecule has 0 spiro atoms. The fourth-order valence-corrected chi connectivity index (χ4v) is 3.80. The molecule has 4 atom stereocenters. The molecule has 13 heavy (non-hydrogen) atoms. The van der Waals surface area contributed by atoms with Crippen LogP contribution in [0, 0.1) is 23.7 Å². The van der Waals surface area contributed by atoms with Crippen molar-refractivity contribution in [3.63, 3.8) is 0 Å². The summed E-state index contributed by atoms with van der Waals surface area (Å²) in [4.78, 5) is 12.0. The van der Waals surface area contributed by atoms with Crippen LogP contribution in [0.2, 0.25) is 0 Å². The first-order valence-electron chi connectivity index (χ1n) is 5.49. The van der Waals surface area contributed by atoms with E-state index in [9.17, 15) is 4.79 Å². The van der Waals surface area contributed by atoms with Crippen molar-refractivity contribution in [1.82, 2.24) is 0 Å². The first-order chi connectivity index (χ1) is 6.27. The Morgan fingerprint density at radius 2 is 1.92 bits per heavy atom. The smallest absolute Gasteiger partial charge is 0.139 e. The number of allylic oxidation sites excluding steroid dienone is 1. The van der Waals surface area contributed by atoms with Crippen molar-refractivity contribution in [3.8, 4) is 0 Å². The van der Waals surface area contributed by atoms with Gasteiger partial charge in [0.2, 0.25) is 0 Å². The number of ketones is 1. The number of fused-ring (bicyclic) bond motifs is 6. The standard InChI is InChI=1S/C12H16O/c1-7-5-8-6-11(7)10-4-2-3-9(8)12(10)13/h8-11H,1-6H2/t8-,9+,10-,11-/m0/s1. The normalized spacial score (nSPS) is 48.3. The Kier molecular flexibility index (Phi) is 1.47. The Morgan fingerprint density at radius 1 is 1.15 bits per heavy atom. The third-order valence-electron chi connectivity index (χ3n) is 4.42. The molecule has 0 unspecified atom stereocenters. The summed E-state index contributed by atoms with van der Waals surface area (Å²) in [5, 5.41) is 0. The molecule has 0 radical (unpaired) electrons. The van der Waals surface area contributed by atoms with Gasteiger partial charge in [-0.15, -0.1) is 0 Å². The largest absolute Gasteiger partial charge is 0.299 e. The van der Waals surface area contributed by atoms with Gasteiger partial charge in [-0.1, -0.05) is 18.6 Å². The van der Waals surface area contributed by atoms with Crippen molar-refractivity contribution in [2.75, 3.05) is 0 Å². The molecule has 3 saturated carbocycles. The highest BCUT2D eigenvalue weighted by atomic mass is 16.1. The van der Waals surface area contributed by atoms with Gasteiger partial charge in [0.1, 0.15) is 5.78 Å². The summed E-state index contributed by atoms with van der Waals surface area (Å²) in [7, 11) is 0. The molecular formula is C12H16O. The van der Waals surface area contributed by atoms with Crippen molar-refractivity contribution in [2.24, 2.45) is 23.7 Å². The zero-order chi connectivity index (χ0) is 9.00. The van der Waals surface area contributed by atoms with Crippen molar-refractivity contribution in [3.05, 3.63) is 12.2 Å². The summed E-state index contributed by atoms with van der Waals surface area (Å²) >= 11 is 0. The second kappa shape index (κ2) is 2.46. The summed E-state index contributed by atoms with van der Waals surface area (Å²) in [6.45, 7) is 4.14. The molecule has 4 bridgehead atoms. The molecule has 3 aliphatic rings. The van der Waals surface area contributed by atoms with Gasteiger partial charge in [-0.2, -0.15) is 0 Å². The van der Waals surface area contributed by atoms with Crippen LogP contribution in [0.1, 0.15) is 32.1 Å². The van der Waals surface area contributed by atoms with Crippen molar-refractivity contribution in [1.29, 1.82) is 0 Å². The molecule has 0 aliphatic heterocycles. The van der Waals surface area contributed by atoms with Gasteiger partial charge in [0, 0.05) is 11.8 Å². The molecule has 1 nitrogen and oxygen atoms in total. The topological polar surface area (TPSA) is 17.1 Å². The number of carbonyl (C=O) groups excluding carboxylic acids is 1. The zero-order valence-electron chi connectivity index (χ0n) is 7.96. The molecule has 0 saturated heterocycles. The van der Waals surface area contributed by atoms with Crippen molar-refractivity contribution >= 4 is 5.78 Å². The summed E-state index contributed by atoms with van der Waals surface area (Å²) < 4.78 is 0. The van der Waals surface area contributed by atoms with E-state index < -0.39 is 0 Å². The second-order valence-electron chi connectivity index (χ2n) is 5.01. The Bertz CT molecular complexity index is 279. The fraction of sp³-hybridized carbons (Fsp3) is 0.750. The minimum Gasteiger partial charge on any atom is -0.299 e. The van der Waals surface area contributed by atoms with Crippen LogP contribution in [0.25, 0.3) is 0 Å². The third kappa shape index (κ3) is 0.905. The predicted octanol–water partition coefficient (Wildman–Crippen LogP) is 2.57. The van der Waals surface area contributed by atoms with Gasteiger partial charge in [0.15, 0.2) is 0 Å². The highest BCUT2D eigenvalue weighted by Crippen LogP contribution is 2.53. The lowest BCUT2D eigenvalue weighted by Crippen LogP contribution is -2.39. The molecule has 0 aromatic rings. The minimum atomic E-state index is 0.380. The molecule has 0 amide bonds. The number of carbonyl (C=O) groups is 1. The molecule has 3 aliphatic carbocycles. The quantitative estimate of drug-likeness (QED) is 0.518. The van der Waals surface area contributed by atoms with Gasteiger partial charge in [0.05, 0.1) is 0 Å². The van der Waals surface area contributed by atoms with E-state index in [1.165, 1.54) is 24.8 Å². The molecule has 0 heterocycles. The Labute approximate surface area is 79.2 Å². The molecule has 1 heteroatoms. The molecule has 0 aromatic heterocycles. The molecular weight excluding hydrogens is 160 g/mol. The maximum Gasteiger partial charge on any atom is 0.139 e. The maximum atomic E-state index is 12.0. The number of hydrogen-bond acceptors (Lipinski definition) is 1. The van der Waals surface area contributed by atoms with Crippen molar-refractivity contribution < 1.29 is 4.79 Å². The van der Waals surface area contributed by atoms with E-state index in [2.05, 4.69) is 6.58 Å². The SMILES string of the molecule is C=C1C[C@H]2C[C@@H]1[C@@H]1CCC[C@H]2C1=O. The second-order valence-corrected chi connectivity index (χ2v) is 5.01. The fourth-order valence-electron chi connectivity index (χ4n) is 3.80. The van der Waals surface area contributed by atoms with Gasteiger partial charge in [-0.25, -0.2) is 0 Å². The van der Waals surface area contributed by atoms with Crippen LogP contribution in [0.5, 0.6) is 0 Å². The van der Waals surface area contributed by atoms with E-state index in [0.29, 0.717) is 29.5 Å². The highest BCUT2D eigenvalue weighted by Gasteiger charge is 2.50. The van der Waals surface area contributed by atoms with Gasteiger partial charge < -0.3 is 0 Å².